The van der Waals surface area contributed by atoms with E-state index in [2.05, 4.69) is 29.2 Å². The van der Waals surface area contributed by atoms with Gasteiger partial charge in [0.15, 0.2) is 0 Å². The molecular weight excluding hydrogens is 490 g/mol. The first-order valence-corrected chi connectivity index (χ1v) is 13.1. The predicted octanol–water partition coefficient (Wildman–Crippen LogP) is 5.95. The molecule has 1 heterocycles. The van der Waals surface area contributed by atoms with Gasteiger partial charge in [0.05, 0.1) is 38.3 Å². The maximum Gasteiger partial charge on any atom is 0.337 e. The number of carbonyl (C=O) groups is 1. The summed E-state index contributed by atoms with van der Waals surface area (Å²) in [5.74, 6) is 1.99. The molecular formula is C32H33N3O4. The van der Waals surface area contributed by atoms with Crippen molar-refractivity contribution in [1.82, 2.24) is 9.97 Å². The van der Waals surface area contributed by atoms with Gasteiger partial charge in [-0.3, -0.25) is 0 Å². The molecule has 1 aromatic heterocycles. The zero-order chi connectivity index (χ0) is 27.4. The third-order valence-corrected chi connectivity index (χ3v) is 7.16. The molecule has 7 heteroatoms. The van der Waals surface area contributed by atoms with E-state index in [4.69, 9.17) is 24.2 Å². The fourth-order valence-electron chi connectivity index (χ4n) is 5.11. The molecule has 0 fully saturated rings. The van der Waals surface area contributed by atoms with Crippen LogP contribution in [-0.4, -0.2) is 37.3 Å². The van der Waals surface area contributed by atoms with Gasteiger partial charge in [-0.2, -0.15) is 0 Å². The van der Waals surface area contributed by atoms with E-state index < -0.39 is 0 Å². The molecule has 4 aromatic rings. The summed E-state index contributed by atoms with van der Waals surface area (Å²) in [5.41, 5.74) is 7.95. The second-order valence-electron chi connectivity index (χ2n) is 9.70. The third-order valence-electron chi connectivity index (χ3n) is 7.16. The summed E-state index contributed by atoms with van der Waals surface area (Å²) in [4.78, 5) is 24.6. The molecule has 7 nitrogen and oxygen atoms in total. The number of hydrogen-bond acceptors (Lipinski definition) is 7. The highest BCUT2D eigenvalue weighted by Crippen LogP contribution is 2.36. The smallest absolute Gasteiger partial charge is 0.337 e. The van der Waals surface area contributed by atoms with Crippen LogP contribution in [0.5, 0.6) is 11.5 Å². The van der Waals surface area contributed by atoms with E-state index in [9.17, 15) is 4.79 Å². The minimum absolute atomic E-state index is 0.344. The predicted molar refractivity (Wildman–Crippen MR) is 151 cm³/mol. The summed E-state index contributed by atoms with van der Waals surface area (Å²) in [6.45, 7) is 3.30. The number of carbonyl (C=O) groups excluding carboxylic acids is 1. The number of ether oxygens (including phenoxy) is 3. The molecule has 0 saturated carbocycles. The van der Waals surface area contributed by atoms with Crippen LogP contribution >= 0.6 is 0 Å². The highest BCUT2D eigenvalue weighted by molar-refractivity contribution is 5.92. The third kappa shape index (κ3) is 5.72. The van der Waals surface area contributed by atoms with Crippen LogP contribution in [0.2, 0.25) is 0 Å². The van der Waals surface area contributed by atoms with E-state index in [0.717, 1.165) is 64.4 Å². The zero-order valence-electron chi connectivity index (χ0n) is 22.9. The van der Waals surface area contributed by atoms with Crippen molar-refractivity contribution < 1.29 is 19.0 Å². The van der Waals surface area contributed by atoms with E-state index in [0.29, 0.717) is 24.6 Å². The average Bonchev–Trinajstić information content (AvgIpc) is 3.16. The van der Waals surface area contributed by atoms with Crippen LogP contribution in [0.1, 0.15) is 44.9 Å². The molecule has 0 saturated heterocycles. The van der Waals surface area contributed by atoms with Crippen LogP contribution in [0.15, 0.2) is 66.7 Å². The van der Waals surface area contributed by atoms with E-state index in [1.807, 2.05) is 49.4 Å². The first kappa shape index (κ1) is 26.2. The van der Waals surface area contributed by atoms with Gasteiger partial charge < -0.3 is 19.1 Å². The summed E-state index contributed by atoms with van der Waals surface area (Å²) < 4.78 is 15.7. The lowest BCUT2D eigenvalue weighted by atomic mass is 9.95. The largest absolute Gasteiger partial charge is 0.497 e. The van der Waals surface area contributed by atoms with Crippen molar-refractivity contribution in [2.75, 3.05) is 26.2 Å². The molecule has 0 bridgehead atoms. The lowest BCUT2D eigenvalue weighted by Gasteiger charge is -2.25. The molecule has 0 aliphatic heterocycles. The number of nitrogens with zero attached hydrogens (tertiary/aromatic N) is 3. The van der Waals surface area contributed by atoms with Gasteiger partial charge >= 0.3 is 5.97 Å². The molecule has 200 valence electrons. The van der Waals surface area contributed by atoms with Gasteiger partial charge in [0.25, 0.3) is 0 Å². The Bertz CT molecular complexity index is 1420. The molecule has 5 rings (SSSR count). The summed E-state index contributed by atoms with van der Waals surface area (Å²) >= 11 is 0. The SMILES string of the molecule is COC(=O)c1ccc2c(c1)-c1c(C)nc(N(Cc3ccc(OC)cc3)Cc3ccc(OC)cc3)nc1CCC2. The molecule has 0 unspecified atom stereocenters. The number of esters is 1. The van der Waals surface area contributed by atoms with Crippen molar-refractivity contribution in [1.29, 1.82) is 0 Å². The van der Waals surface area contributed by atoms with Gasteiger partial charge in [0, 0.05) is 18.7 Å². The highest BCUT2D eigenvalue weighted by atomic mass is 16.5. The Morgan fingerprint density at radius 1 is 0.821 bits per heavy atom. The highest BCUT2D eigenvalue weighted by Gasteiger charge is 2.23. The summed E-state index contributed by atoms with van der Waals surface area (Å²) in [7, 11) is 4.75. The number of benzene rings is 3. The fraction of sp³-hybridized carbons (Fsp3) is 0.281. The zero-order valence-corrected chi connectivity index (χ0v) is 22.9. The van der Waals surface area contributed by atoms with Gasteiger partial charge in [-0.25, -0.2) is 14.8 Å². The molecule has 0 N–H and O–H groups in total. The molecule has 3 aromatic carbocycles. The Labute approximate surface area is 229 Å². The van der Waals surface area contributed by atoms with Gasteiger partial charge in [-0.05, 0) is 84.8 Å². The monoisotopic (exact) mass is 523 g/mol. The number of anilines is 1. The summed E-state index contributed by atoms with van der Waals surface area (Å²) in [5, 5.41) is 0. The minimum Gasteiger partial charge on any atom is -0.497 e. The number of fused-ring (bicyclic) bond motifs is 3. The van der Waals surface area contributed by atoms with Gasteiger partial charge in [0.2, 0.25) is 5.95 Å². The van der Waals surface area contributed by atoms with Crippen LogP contribution in [0.3, 0.4) is 0 Å². The number of methoxy groups -OCH3 is 3. The standard InChI is InChI=1S/C32H33N3O4/c1-21-30-28-18-25(31(36)39-4)13-12-24(28)6-5-7-29(30)34-32(33-21)35(19-22-8-14-26(37-2)15-9-22)20-23-10-16-27(38-3)17-11-23/h8-18H,5-7,19-20H2,1-4H3. The molecule has 0 radical (unpaired) electrons. The second kappa shape index (κ2) is 11.6. The van der Waals surface area contributed by atoms with Crippen LogP contribution in [0, 0.1) is 6.92 Å². The second-order valence-corrected chi connectivity index (χ2v) is 9.70. The summed E-state index contributed by atoms with van der Waals surface area (Å²) in [6, 6.07) is 22.0. The fourth-order valence-corrected chi connectivity index (χ4v) is 5.11. The first-order chi connectivity index (χ1) is 19.0. The van der Waals surface area contributed by atoms with E-state index in [1.165, 1.54) is 12.7 Å². The normalized spacial score (nSPS) is 12.1. The molecule has 0 amide bonds. The summed E-state index contributed by atoms with van der Waals surface area (Å²) in [6.07, 6.45) is 2.74. The van der Waals surface area contributed by atoms with Crippen molar-refractivity contribution >= 4 is 11.9 Å². The van der Waals surface area contributed by atoms with Gasteiger partial charge in [-0.1, -0.05) is 30.3 Å². The van der Waals surface area contributed by atoms with Crippen LogP contribution < -0.4 is 14.4 Å². The lowest BCUT2D eigenvalue weighted by Crippen LogP contribution is -2.25. The maximum atomic E-state index is 12.3. The number of hydrogen-bond donors (Lipinski definition) is 0. The average molecular weight is 524 g/mol. The molecule has 0 atom stereocenters. The number of rotatable bonds is 8. The van der Waals surface area contributed by atoms with Crippen LogP contribution in [0.25, 0.3) is 11.1 Å². The van der Waals surface area contributed by atoms with Gasteiger partial charge in [-0.15, -0.1) is 0 Å². The Hall–Kier alpha value is -4.39. The topological polar surface area (TPSA) is 73.8 Å². The lowest BCUT2D eigenvalue weighted by molar-refractivity contribution is 0.0600. The first-order valence-electron chi connectivity index (χ1n) is 13.1. The Kier molecular flexibility index (Phi) is 7.77. The Morgan fingerprint density at radius 3 is 2.00 bits per heavy atom. The minimum atomic E-state index is -0.344. The quantitative estimate of drug-likeness (QED) is 0.264. The van der Waals surface area contributed by atoms with Crippen molar-refractivity contribution in [3.05, 3.63) is 100 Å². The van der Waals surface area contributed by atoms with E-state index >= 15 is 0 Å². The van der Waals surface area contributed by atoms with Gasteiger partial charge in [0.1, 0.15) is 11.5 Å². The van der Waals surface area contributed by atoms with Crippen molar-refractivity contribution in [2.45, 2.75) is 39.3 Å². The van der Waals surface area contributed by atoms with Crippen molar-refractivity contribution in [3.8, 4) is 22.6 Å². The van der Waals surface area contributed by atoms with E-state index in [-0.39, 0.29) is 5.97 Å². The van der Waals surface area contributed by atoms with Crippen molar-refractivity contribution in [2.24, 2.45) is 0 Å². The van der Waals surface area contributed by atoms with Crippen molar-refractivity contribution in [3.63, 3.8) is 0 Å². The molecule has 0 spiro atoms. The Morgan fingerprint density at radius 2 is 1.44 bits per heavy atom. The maximum absolute atomic E-state index is 12.3. The number of aryl methyl sites for hydroxylation is 3. The molecule has 1 aliphatic carbocycles. The molecule has 1 aliphatic rings. The Balaban J connectivity index is 1.55. The molecule has 39 heavy (non-hydrogen) atoms. The number of aromatic nitrogens is 2. The van der Waals surface area contributed by atoms with E-state index in [1.54, 1.807) is 14.2 Å². The van der Waals surface area contributed by atoms with Crippen LogP contribution in [-0.2, 0) is 30.7 Å². The van der Waals surface area contributed by atoms with Crippen LogP contribution in [0.4, 0.5) is 5.95 Å².